The Balaban J connectivity index is 4.73. The van der Waals surface area contributed by atoms with Crippen LogP contribution in [0.3, 0.4) is 0 Å². The van der Waals surface area contributed by atoms with Crippen molar-refractivity contribution < 1.29 is 75.8 Å². The van der Waals surface area contributed by atoms with E-state index < -0.39 is 91.5 Å². The molecule has 0 aliphatic heterocycles. The van der Waals surface area contributed by atoms with Crippen molar-refractivity contribution in [2.75, 3.05) is 39.6 Å². The van der Waals surface area contributed by atoms with E-state index in [1.807, 2.05) is 0 Å². The van der Waals surface area contributed by atoms with Gasteiger partial charge >= 0.3 is 33.6 Å². The van der Waals surface area contributed by atoms with Crippen molar-refractivity contribution >= 4 is 33.6 Å². The van der Waals surface area contributed by atoms with E-state index in [-0.39, 0.29) is 19.3 Å². The fourth-order valence-electron chi connectivity index (χ4n) is 8.78. The monoisotopic (exact) mass is 1340 g/mol. The first kappa shape index (κ1) is 88.4. The normalized spacial score (nSPS) is 15.0. The molecule has 4 N–H and O–H groups in total. The second kappa shape index (κ2) is 67.4. The van der Waals surface area contributed by atoms with Crippen LogP contribution in [0.4, 0.5) is 0 Å². The van der Waals surface area contributed by atoms with Gasteiger partial charge in [-0.1, -0.05) is 244 Å². The van der Waals surface area contributed by atoms with Gasteiger partial charge in [0, 0.05) is 19.3 Å². The van der Waals surface area contributed by atoms with E-state index in [1.165, 1.54) is 0 Å². The summed E-state index contributed by atoms with van der Waals surface area (Å²) in [5.74, 6) is -1.63. The number of ether oxygens (including phenoxy) is 3. The van der Waals surface area contributed by atoms with E-state index in [9.17, 15) is 43.5 Å². The summed E-state index contributed by atoms with van der Waals surface area (Å²) < 4.78 is 60.9. The van der Waals surface area contributed by atoms with Crippen molar-refractivity contribution in [1.82, 2.24) is 0 Å². The molecule has 0 aliphatic rings. The molecule has 0 heterocycles. The van der Waals surface area contributed by atoms with Crippen LogP contribution in [0.5, 0.6) is 0 Å². The largest absolute Gasteiger partial charge is 0.472 e. The molecule has 0 aromatic rings. The minimum absolute atomic E-state index is 0.0847. The number of rotatable bonds is 65. The van der Waals surface area contributed by atoms with E-state index in [1.54, 1.807) is 0 Å². The summed E-state index contributed by atoms with van der Waals surface area (Å²) in [5, 5.41) is 20.6. The van der Waals surface area contributed by atoms with E-state index in [0.29, 0.717) is 19.3 Å². The average Bonchev–Trinajstić information content (AvgIpc) is 3.72. The third-order valence-electron chi connectivity index (χ3n) is 14.0. The summed E-state index contributed by atoms with van der Waals surface area (Å²) in [5.41, 5.74) is 0. The van der Waals surface area contributed by atoms with Crippen molar-refractivity contribution in [1.29, 1.82) is 0 Å². The summed E-state index contributed by atoms with van der Waals surface area (Å²) in [4.78, 5) is 58.5. The Morgan fingerprint density at radius 2 is 0.538 bits per heavy atom. The van der Waals surface area contributed by atoms with Gasteiger partial charge in [0.15, 0.2) is 6.10 Å². The van der Waals surface area contributed by atoms with Crippen LogP contribution in [-0.4, -0.2) is 95.9 Å². The average molecular weight is 1340 g/mol. The lowest BCUT2D eigenvalue weighted by atomic mass is 10.1. The molecule has 530 valence electrons. The summed E-state index contributed by atoms with van der Waals surface area (Å²) >= 11 is 0. The molecular weight excluding hydrogens is 1220 g/mol. The molecule has 93 heavy (non-hydrogen) atoms. The smallest absolute Gasteiger partial charge is 0.463 e. The third-order valence-corrected chi connectivity index (χ3v) is 15.9. The number of hydrogen-bond acceptors (Lipinski definition) is 14. The molecule has 0 fully saturated rings. The lowest BCUT2D eigenvalue weighted by Crippen LogP contribution is -2.30. The number of carbonyl (C=O) groups excluding carboxylic acids is 3. The Kier molecular flexibility index (Phi) is 64.1. The molecule has 0 amide bonds. The highest BCUT2D eigenvalue weighted by Crippen LogP contribution is 2.45. The van der Waals surface area contributed by atoms with E-state index in [0.717, 1.165) is 193 Å². The lowest BCUT2D eigenvalue weighted by molar-refractivity contribution is -0.161. The van der Waals surface area contributed by atoms with Crippen LogP contribution in [-0.2, 0) is 55.8 Å². The summed E-state index contributed by atoms with van der Waals surface area (Å²) in [7, 11) is -9.80. The number of aliphatic hydroxyl groups is 2. The maximum Gasteiger partial charge on any atom is 0.472 e. The molecule has 0 bridgehead atoms. The highest BCUT2D eigenvalue weighted by Gasteiger charge is 2.29. The minimum Gasteiger partial charge on any atom is -0.463 e. The Labute approximate surface area is 562 Å². The van der Waals surface area contributed by atoms with Crippen LogP contribution < -0.4 is 0 Å². The second-order valence-corrected chi connectivity index (χ2v) is 25.8. The van der Waals surface area contributed by atoms with Gasteiger partial charge < -0.3 is 34.2 Å². The Hall–Kier alpha value is -4.57. The van der Waals surface area contributed by atoms with Crippen molar-refractivity contribution in [3.05, 3.63) is 146 Å². The minimum atomic E-state index is -4.94. The Morgan fingerprint density at radius 3 is 0.849 bits per heavy atom. The standard InChI is InChI=1S/C75H124O16P2/c1-4-7-10-13-16-19-22-25-28-31-33-34-36-39-40-43-46-49-52-55-58-61-73(78)85-64-70(76)65-87-92(81,82)88-66-71(77)67-89-93(83,84)90-69-72(91-75(80)63-60-57-54-51-48-45-42-37-30-27-24-21-18-15-12-9-6-3)68-86-74(79)62-59-56-53-50-47-44-41-38-35-32-29-26-23-20-17-14-11-8-5-2/h7-12,16-21,25-30,33-35,38-40,70-72,76-77H,4-6,13-15,22-24,31-32,36-37,41-69H2,1-3H3,(H,81,82)(H,83,84)/b10-7-,11-8-,12-9-,19-16-,20-17-,21-18-,28-25-,29-26-,30-27-,34-33-,38-35-,40-39-. The van der Waals surface area contributed by atoms with Gasteiger partial charge in [0.25, 0.3) is 0 Å². The molecular formula is C75H124O16P2. The van der Waals surface area contributed by atoms with Gasteiger partial charge in [-0.3, -0.25) is 32.5 Å². The molecule has 5 atom stereocenters. The van der Waals surface area contributed by atoms with Crippen LogP contribution >= 0.6 is 15.6 Å². The number of allylic oxidation sites excluding steroid dienone is 24. The molecule has 0 radical (unpaired) electrons. The van der Waals surface area contributed by atoms with Gasteiger partial charge in [-0.2, -0.15) is 0 Å². The first-order chi connectivity index (χ1) is 45.2. The second-order valence-electron chi connectivity index (χ2n) is 22.9. The van der Waals surface area contributed by atoms with Crippen molar-refractivity contribution in [2.24, 2.45) is 0 Å². The number of aliphatic hydroxyl groups excluding tert-OH is 2. The zero-order valence-electron chi connectivity index (χ0n) is 57.4. The SMILES string of the molecule is CC/C=C\C/C=C\C/C=C\C/C=C\C/C=C\CCCCCCCC(=O)OCC(O)COP(=O)(O)OCC(O)COP(=O)(O)OCC(COC(=O)CCCCCCCC/C=C\C/C=C\C/C=C\C/C=C\CC)OC(=O)CCCCCCCCC/C=C\C/C=C\C/C=C\CC. The molecule has 0 aliphatic carbocycles. The van der Waals surface area contributed by atoms with Gasteiger partial charge in [-0.05, 0) is 135 Å². The third kappa shape index (κ3) is 68.6. The fraction of sp³-hybridized carbons (Fsp3) is 0.640. The van der Waals surface area contributed by atoms with Crippen LogP contribution in [0.15, 0.2) is 146 Å². The molecule has 18 heteroatoms. The quantitative estimate of drug-likeness (QED) is 0.0146. The molecule has 5 unspecified atom stereocenters. The number of phosphoric ester groups is 2. The molecule has 0 spiro atoms. The predicted molar refractivity (Wildman–Crippen MR) is 380 cm³/mol. The summed E-state index contributed by atoms with van der Waals surface area (Å²) in [6, 6.07) is 0. The molecule has 0 aromatic carbocycles. The van der Waals surface area contributed by atoms with Gasteiger partial charge in [0.1, 0.15) is 25.4 Å². The highest BCUT2D eigenvalue weighted by molar-refractivity contribution is 7.47. The fourth-order valence-corrected chi connectivity index (χ4v) is 10.4. The molecule has 0 aromatic heterocycles. The zero-order chi connectivity index (χ0) is 68.1. The highest BCUT2D eigenvalue weighted by atomic mass is 31.2. The van der Waals surface area contributed by atoms with Crippen molar-refractivity contribution in [2.45, 2.75) is 270 Å². The molecule has 0 saturated carbocycles. The van der Waals surface area contributed by atoms with Crippen molar-refractivity contribution in [3.8, 4) is 0 Å². The van der Waals surface area contributed by atoms with Crippen molar-refractivity contribution in [3.63, 3.8) is 0 Å². The van der Waals surface area contributed by atoms with Crippen LogP contribution in [0.1, 0.15) is 252 Å². The first-order valence-corrected chi connectivity index (χ1v) is 38.1. The summed E-state index contributed by atoms with van der Waals surface area (Å²) in [6.07, 6.45) is 80.3. The zero-order valence-corrected chi connectivity index (χ0v) is 59.2. The molecule has 16 nitrogen and oxygen atoms in total. The predicted octanol–water partition coefficient (Wildman–Crippen LogP) is 19.8. The van der Waals surface area contributed by atoms with E-state index in [2.05, 4.69) is 167 Å². The number of hydrogen-bond donors (Lipinski definition) is 4. The van der Waals surface area contributed by atoms with Crippen LogP contribution in [0.2, 0.25) is 0 Å². The number of carbonyl (C=O) groups is 3. The Morgan fingerprint density at radius 1 is 0.301 bits per heavy atom. The van der Waals surface area contributed by atoms with Gasteiger partial charge in [-0.15, -0.1) is 0 Å². The topological polar surface area (TPSA) is 231 Å². The van der Waals surface area contributed by atoms with Gasteiger partial charge in [-0.25, -0.2) is 9.13 Å². The van der Waals surface area contributed by atoms with Crippen LogP contribution in [0.25, 0.3) is 0 Å². The van der Waals surface area contributed by atoms with E-state index >= 15 is 0 Å². The molecule has 0 saturated heterocycles. The maximum atomic E-state index is 13.0. The number of phosphoric acid groups is 2. The van der Waals surface area contributed by atoms with Gasteiger partial charge in [0.05, 0.1) is 26.4 Å². The van der Waals surface area contributed by atoms with E-state index in [4.69, 9.17) is 32.3 Å². The maximum absolute atomic E-state index is 13.0. The van der Waals surface area contributed by atoms with Crippen LogP contribution in [0, 0.1) is 0 Å². The Bertz CT molecular complexity index is 2280. The summed E-state index contributed by atoms with van der Waals surface area (Å²) in [6.45, 7) is 2.27. The first-order valence-electron chi connectivity index (χ1n) is 35.1. The van der Waals surface area contributed by atoms with Gasteiger partial charge in [0.2, 0.25) is 0 Å². The number of unbranched alkanes of at least 4 members (excludes halogenated alkanes) is 18. The molecule has 0 rings (SSSR count). The lowest BCUT2D eigenvalue weighted by Gasteiger charge is -2.21. The number of esters is 3.